The molecule has 1 aliphatic carbocycles. The number of hydrogen-bond donors (Lipinski definition) is 2. The van der Waals surface area contributed by atoms with E-state index >= 15 is 0 Å². The van der Waals surface area contributed by atoms with Gasteiger partial charge in [-0.1, -0.05) is 0 Å². The fraction of sp³-hybridized carbons (Fsp3) is 0.706. The van der Waals surface area contributed by atoms with Crippen molar-refractivity contribution in [1.82, 2.24) is 20.4 Å². The molecule has 0 amide bonds. The standard InChI is InChI=1S/C17H29N5O2.HI/c1-4-24-16(23)14-5-7-15(8-6-14)21-17(18-3)19-9-10-22-12-13(2)11-20-22;/h11-12,14-15H,4-10H2,1-3H3,(H2,18,19,21);1H. The summed E-state index contributed by atoms with van der Waals surface area (Å²) in [4.78, 5) is 16.0. The third-order valence-corrected chi connectivity index (χ3v) is 4.31. The first kappa shape index (κ1) is 21.7. The second-order valence-electron chi connectivity index (χ2n) is 6.22. The van der Waals surface area contributed by atoms with Crippen molar-refractivity contribution < 1.29 is 9.53 Å². The molecule has 1 aliphatic rings. The number of ether oxygens (including phenoxy) is 1. The smallest absolute Gasteiger partial charge is 0.308 e. The quantitative estimate of drug-likeness (QED) is 0.292. The van der Waals surface area contributed by atoms with Crippen LogP contribution in [0.25, 0.3) is 0 Å². The third-order valence-electron chi connectivity index (χ3n) is 4.31. The molecule has 8 heteroatoms. The molecule has 25 heavy (non-hydrogen) atoms. The third kappa shape index (κ3) is 7.21. The van der Waals surface area contributed by atoms with E-state index in [1.165, 1.54) is 0 Å². The summed E-state index contributed by atoms with van der Waals surface area (Å²) in [7, 11) is 1.78. The van der Waals surface area contributed by atoms with Gasteiger partial charge in [0.2, 0.25) is 0 Å². The lowest BCUT2D eigenvalue weighted by Crippen LogP contribution is -2.46. The van der Waals surface area contributed by atoms with Crippen LogP contribution < -0.4 is 10.6 Å². The molecule has 1 saturated carbocycles. The molecule has 0 saturated heterocycles. The number of esters is 1. The van der Waals surface area contributed by atoms with E-state index < -0.39 is 0 Å². The highest BCUT2D eigenvalue weighted by Gasteiger charge is 2.27. The number of aryl methyl sites for hydroxylation is 1. The molecule has 2 N–H and O–H groups in total. The number of carbonyl (C=O) groups excluding carboxylic acids is 1. The molecule has 0 bridgehead atoms. The molecule has 142 valence electrons. The first-order valence-electron chi connectivity index (χ1n) is 8.75. The zero-order valence-corrected chi connectivity index (χ0v) is 17.7. The van der Waals surface area contributed by atoms with Gasteiger partial charge in [0.15, 0.2) is 5.96 Å². The molecule has 1 aromatic rings. The molecule has 0 aromatic carbocycles. The van der Waals surface area contributed by atoms with E-state index in [4.69, 9.17) is 4.74 Å². The Balaban J connectivity index is 0.00000312. The van der Waals surface area contributed by atoms with Gasteiger partial charge in [0.25, 0.3) is 0 Å². The van der Waals surface area contributed by atoms with Crippen molar-refractivity contribution in [2.45, 2.75) is 52.1 Å². The molecule has 0 radical (unpaired) electrons. The maximum absolute atomic E-state index is 11.8. The van der Waals surface area contributed by atoms with Gasteiger partial charge in [0.05, 0.1) is 25.3 Å². The van der Waals surface area contributed by atoms with Crippen molar-refractivity contribution in [2.75, 3.05) is 20.2 Å². The number of nitrogens with one attached hydrogen (secondary N) is 2. The Morgan fingerprint density at radius 2 is 2.12 bits per heavy atom. The lowest BCUT2D eigenvalue weighted by molar-refractivity contribution is -0.149. The molecule has 0 aliphatic heterocycles. The second kappa shape index (κ2) is 11.3. The Bertz CT molecular complexity index is 553. The fourth-order valence-electron chi connectivity index (χ4n) is 3.00. The van der Waals surface area contributed by atoms with Crippen molar-refractivity contribution in [1.29, 1.82) is 0 Å². The Labute approximate surface area is 167 Å². The first-order valence-corrected chi connectivity index (χ1v) is 8.75. The van der Waals surface area contributed by atoms with Crippen LogP contribution in [0.4, 0.5) is 0 Å². The fourth-order valence-corrected chi connectivity index (χ4v) is 3.00. The van der Waals surface area contributed by atoms with Crippen LogP contribution in [0.15, 0.2) is 17.4 Å². The van der Waals surface area contributed by atoms with Crippen LogP contribution in [0.1, 0.15) is 38.2 Å². The Morgan fingerprint density at radius 3 is 2.68 bits per heavy atom. The van der Waals surface area contributed by atoms with E-state index in [1.807, 2.05) is 30.9 Å². The van der Waals surface area contributed by atoms with Crippen molar-refractivity contribution in [3.05, 3.63) is 18.0 Å². The van der Waals surface area contributed by atoms with Crippen LogP contribution in [0, 0.1) is 12.8 Å². The van der Waals surface area contributed by atoms with Crippen LogP contribution in [0.3, 0.4) is 0 Å². The molecule has 7 nitrogen and oxygen atoms in total. The van der Waals surface area contributed by atoms with Crippen LogP contribution in [-0.4, -0.2) is 48.0 Å². The molecule has 0 unspecified atom stereocenters. The summed E-state index contributed by atoms with van der Waals surface area (Å²) in [5, 5.41) is 11.0. The van der Waals surface area contributed by atoms with Gasteiger partial charge >= 0.3 is 5.97 Å². The molecule has 0 atom stereocenters. The minimum atomic E-state index is -0.0482. The van der Waals surface area contributed by atoms with Crippen molar-refractivity contribution in [3.63, 3.8) is 0 Å². The predicted octanol–water partition coefficient (Wildman–Crippen LogP) is 2.10. The molecular formula is C17H30IN5O2. The molecule has 0 spiro atoms. The highest BCUT2D eigenvalue weighted by atomic mass is 127. The maximum Gasteiger partial charge on any atom is 0.308 e. The van der Waals surface area contributed by atoms with Gasteiger partial charge in [-0.05, 0) is 45.1 Å². The number of aromatic nitrogens is 2. The van der Waals surface area contributed by atoms with Gasteiger partial charge < -0.3 is 15.4 Å². The van der Waals surface area contributed by atoms with Crippen LogP contribution >= 0.6 is 24.0 Å². The molecular weight excluding hydrogens is 433 g/mol. The average molecular weight is 463 g/mol. The van der Waals surface area contributed by atoms with E-state index in [1.54, 1.807) is 7.05 Å². The van der Waals surface area contributed by atoms with E-state index in [0.717, 1.165) is 50.3 Å². The Morgan fingerprint density at radius 1 is 1.40 bits per heavy atom. The maximum atomic E-state index is 11.8. The van der Waals surface area contributed by atoms with Gasteiger partial charge in [0, 0.05) is 25.8 Å². The number of guanidine groups is 1. The van der Waals surface area contributed by atoms with Gasteiger partial charge in [0.1, 0.15) is 0 Å². The molecule has 1 aromatic heterocycles. The number of nitrogens with zero attached hydrogens (tertiary/aromatic N) is 3. The van der Waals surface area contributed by atoms with Crippen LogP contribution in [0.5, 0.6) is 0 Å². The second-order valence-corrected chi connectivity index (χ2v) is 6.22. The summed E-state index contributed by atoms with van der Waals surface area (Å²) >= 11 is 0. The summed E-state index contributed by atoms with van der Waals surface area (Å²) < 4.78 is 7.03. The summed E-state index contributed by atoms with van der Waals surface area (Å²) in [6, 6.07) is 0.355. The SMILES string of the molecule is CCOC(=O)C1CCC(NC(=NC)NCCn2cc(C)cn2)CC1.I. The van der Waals surface area contributed by atoms with E-state index in [-0.39, 0.29) is 35.9 Å². The number of rotatable bonds is 6. The van der Waals surface area contributed by atoms with Crippen molar-refractivity contribution in [3.8, 4) is 0 Å². The molecule has 2 rings (SSSR count). The minimum absolute atomic E-state index is 0. The summed E-state index contributed by atoms with van der Waals surface area (Å²) in [5.41, 5.74) is 1.16. The lowest BCUT2D eigenvalue weighted by atomic mass is 9.86. The topological polar surface area (TPSA) is 80.5 Å². The normalized spacial score (nSPS) is 20.5. The molecule has 1 fully saturated rings. The Kier molecular flexibility index (Phi) is 9.84. The highest BCUT2D eigenvalue weighted by molar-refractivity contribution is 14.0. The predicted molar refractivity (Wildman–Crippen MR) is 109 cm³/mol. The summed E-state index contributed by atoms with van der Waals surface area (Å²) in [6.45, 7) is 5.90. The van der Waals surface area contributed by atoms with E-state index in [9.17, 15) is 4.79 Å². The minimum Gasteiger partial charge on any atom is -0.466 e. The van der Waals surface area contributed by atoms with Crippen LogP contribution in [-0.2, 0) is 16.1 Å². The zero-order chi connectivity index (χ0) is 17.4. The van der Waals surface area contributed by atoms with Crippen molar-refractivity contribution >= 4 is 35.9 Å². The van der Waals surface area contributed by atoms with Gasteiger partial charge in [-0.2, -0.15) is 5.10 Å². The summed E-state index contributed by atoms with van der Waals surface area (Å²) in [5.74, 6) is 0.812. The van der Waals surface area contributed by atoms with Crippen molar-refractivity contribution in [2.24, 2.45) is 10.9 Å². The Hall–Kier alpha value is -1.32. The van der Waals surface area contributed by atoms with E-state index in [2.05, 4.69) is 20.7 Å². The first-order chi connectivity index (χ1) is 11.6. The summed E-state index contributed by atoms with van der Waals surface area (Å²) in [6.07, 6.45) is 7.55. The number of aliphatic imine (C=N–C) groups is 1. The number of carbonyl (C=O) groups is 1. The van der Waals surface area contributed by atoms with Gasteiger partial charge in [-0.25, -0.2) is 0 Å². The van der Waals surface area contributed by atoms with Crippen LogP contribution in [0.2, 0.25) is 0 Å². The van der Waals surface area contributed by atoms with Gasteiger partial charge in [-0.3, -0.25) is 14.5 Å². The zero-order valence-electron chi connectivity index (χ0n) is 15.3. The molecule has 1 heterocycles. The largest absolute Gasteiger partial charge is 0.466 e. The van der Waals surface area contributed by atoms with E-state index in [0.29, 0.717) is 12.6 Å². The lowest BCUT2D eigenvalue weighted by Gasteiger charge is -2.29. The monoisotopic (exact) mass is 463 g/mol. The highest BCUT2D eigenvalue weighted by Crippen LogP contribution is 2.25. The number of halogens is 1. The average Bonchev–Trinajstić information content (AvgIpc) is 3.00. The van der Waals surface area contributed by atoms with Gasteiger partial charge in [-0.15, -0.1) is 24.0 Å². The number of hydrogen-bond acceptors (Lipinski definition) is 4.